The van der Waals surface area contributed by atoms with Gasteiger partial charge in [-0.05, 0) is 22.8 Å². The highest BCUT2D eigenvalue weighted by Gasteiger charge is 2.26. The average molecular weight is 351 g/mol. The molecular weight excluding hydrogens is 333 g/mol. The highest BCUT2D eigenvalue weighted by atomic mass is 127. The SMILES string of the molecule is C[N+](C)(C)c1cccc2c1Cc1ccccc1-2.[I-]. The molecule has 0 saturated heterocycles. The second-order valence-electron chi connectivity index (χ2n) is 5.65. The Morgan fingerprint density at radius 2 is 1.50 bits per heavy atom. The lowest BCUT2D eigenvalue weighted by Crippen LogP contribution is -3.00. The molecule has 0 bridgehead atoms. The predicted octanol–water partition coefficient (Wildman–Crippen LogP) is 0.459. The van der Waals surface area contributed by atoms with Gasteiger partial charge in [0.05, 0.1) is 21.1 Å². The minimum Gasteiger partial charge on any atom is -1.00 e. The van der Waals surface area contributed by atoms with Crippen LogP contribution in [0.4, 0.5) is 5.69 Å². The molecule has 0 atom stereocenters. The zero-order valence-corrected chi connectivity index (χ0v) is 13.2. The third-order valence-electron chi connectivity index (χ3n) is 3.55. The van der Waals surface area contributed by atoms with Crippen LogP contribution < -0.4 is 28.5 Å². The topological polar surface area (TPSA) is 0 Å². The highest BCUT2D eigenvalue weighted by molar-refractivity contribution is 5.81. The van der Waals surface area contributed by atoms with Gasteiger partial charge >= 0.3 is 0 Å². The monoisotopic (exact) mass is 351 g/mol. The Hall–Kier alpha value is -0.870. The van der Waals surface area contributed by atoms with Crippen LogP contribution in [0.2, 0.25) is 0 Å². The van der Waals surface area contributed by atoms with Crippen LogP contribution in [-0.2, 0) is 6.42 Å². The summed E-state index contributed by atoms with van der Waals surface area (Å²) in [5.74, 6) is 0. The number of hydrogen-bond acceptors (Lipinski definition) is 0. The second kappa shape index (κ2) is 4.67. The molecular formula is C16H18IN. The Morgan fingerprint density at radius 3 is 2.22 bits per heavy atom. The zero-order valence-electron chi connectivity index (χ0n) is 11.1. The van der Waals surface area contributed by atoms with E-state index < -0.39 is 0 Å². The molecule has 0 heterocycles. The van der Waals surface area contributed by atoms with Crippen molar-refractivity contribution in [2.45, 2.75) is 6.42 Å². The molecule has 18 heavy (non-hydrogen) atoms. The van der Waals surface area contributed by atoms with Crippen LogP contribution in [-0.4, -0.2) is 21.1 Å². The first-order valence-corrected chi connectivity index (χ1v) is 6.09. The number of nitrogens with zero attached hydrogens (tertiary/aromatic N) is 1. The lowest BCUT2D eigenvalue weighted by molar-refractivity contribution is -0.00000364. The largest absolute Gasteiger partial charge is 1.00 e. The van der Waals surface area contributed by atoms with Crippen LogP contribution in [0.1, 0.15) is 11.1 Å². The molecule has 0 aromatic heterocycles. The molecule has 0 spiro atoms. The smallest absolute Gasteiger partial charge is 0.136 e. The maximum atomic E-state index is 2.25. The molecule has 3 rings (SSSR count). The van der Waals surface area contributed by atoms with Crippen molar-refractivity contribution >= 4 is 5.69 Å². The summed E-state index contributed by atoms with van der Waals surface area (Å²) in [6.07, 6.45) is 1.08. The lowest BCUT2D eigenvalue weighted by Gasteiger charge is -2.25. The van der Waals surface area contributed by atoms with Gasteiger partial charge < -0.3 is 24.0 Å². The normalized spacial score (nSPS) is 12.6. The molecule has 1 nitrogen and oxygen atoms in total. The molecule has 1 aliphatic rings. The van der Waals surface area contributed by atoms with Crippen LogP contribution in [0.25, 0.3) is 11.1 Å². The molecule has 1 aliphatic carbocycles. The van der Waals surface area contributed by atoms with Gasteiger partial charge in [-0.3, -0.25) is 4.48 Å². The molecule has 0 N–H and O–H groups in total. The first kappa shape index (κ1) is 13.6. The first-order chi connectivity index (χ1) is 8.07. The van der Waals surface area contributed by atoms with E-state index in [1.54, 1.807) is 0 Å². The molecule has 2 aromatic rings. The summed E-state index contributed by atoms with van der Waals surface area (Å²) < 4.78 is 0.886. The maximum absolute atomic E-state index is 2.25. The molecule has 0 amide bonds. The van der Waals surface area contributed by atoms with Gasteiger partial charge in [0.2, 0.25) is 0 Å². The molecule has 2 heteroatoms. The molecule has 0 radical (unpaired) electrons. The van der Waals surface area contributed by atoms with Crippen LogP contribution in [0.5, 0.6) is 0 Å². The van der Waals surface area contributed by atoms with Gasteiger partial charge in [-0.1, -0.05) is 36.4 Å². The van der Waals surface area contributed by atoms with E-state index in [0.29, 0.717) is 0 Å². The van der Waals surface area contributed by atoms with Crippen molar-refractivity contribution in [2.75, 3.05) is 21.1 Å². The fourth-order valence-corrected chi connectivity index (χ4v) is 2.77. The standard InChI is InChI=1S/C16H18N.HI/c1-17(2,3)16-10-6-9-14-13-8-5-4-7-12(13)11-15(14)16;/h4-10H,11H2,1-3H3;1H/q+1;/p-1. The van der Waals surface area contributed by atoms with E-state index in [1.165, 1.54) is 27.9 Å². The van der Waals surface area contributed by atoms with Crippen LogP contribution in [0, 0.1) is 0 Å². The van der Waals surface area contributed by atoms with Crippen LogP contribution in [0.3, 0.4) is 0 Å². The van der Waals surface area contributed by atoms with Gasteiger partial charge in [0.25, 0.3) is 0 Å². The van der Waals surface area contributed by atoms with Crippen molar-refractivity contribution in [3.05, 3.63) is 53.6 Å². The molecule has 0 saturated carbocycles. The predicted molar refractivity (Wildman–Crippen MR) is 74.3 cm³/mol. The number of halogens is 1. The van der Waals surface area contributed by atoms with Crippen LogP contribution in [0.15, 0.2) is 42.5 Å². The van der Waals surface area contributed by atoms with E-state index in [4.69, 9.17) is 0 Å². The number of hydrogen-bond donors (Lipinski definition) is 0. The van der Waals surface area contributed by atoms with E-state index in [2.05, 4.69) is 63.6 Å². The molecule has 0 unspecified atom stereocenters. The van der Waals surface area contributed by atoms with Crippen molar-refractivity contribution in [3.8, 4) is 11.1 Å². The van der Waals surface area contributed by atoms with Crippen LogP contribution >= 0.6 is 0 Å². The number of rotatable bonds is 1. The van der Waals surface area contributed by atoms with E-state index in [9.17, 15) is 0 Å². The minimum absolute atomic E-state index is 0. The van der Waals surface area contributed by atoms with E-state index in [-0.39, 0.29) is 24.0 Å². The Morgan fingerprint density at radius 1 is 0.833 bits per heavy atom. The quantitative estimate of drug-likeness (QED) is 0.442. The summed E-state index contributed by atoms with van der Waals surface area (Å²) in [5.41, 5.74) is 7.23. The third-order valence-corrected chi connectivity index (χ3v) is 3.55. The third kappa shape index (κ3) is 2.08. The van der Waals surface area contributed by atoms with Gasteiger partial charge in [0.1, 0.15) is 5.69 Å². The Balaban J connectivity index is 0.00000120. The first-order valence-electron chi connectivity index (χ1n) is 6.09. The average Bonchev–Trinajstić information content (AvgIpc) is 2.65. The second-order valence-corrected chi connectivity index (χ2v) is 5.65. The summed E-state index contributed by atoms with van der Waals surface area (Å²) in [6.45, 7) is 0. The van der Waals surface area contributed by atoms with Gasteiger partial charge in [-0.15, -0.1) is 0 Å². The Labute approximate surface area is 126 Å². The number of benzene rings is 2. The summed E-state index contributed by atoms with van der Waals surface area (Å²) >= 11 is 0. The van der Waals surface area contributed by atoms with Gasteiger partial charge in [-0.25, -0.2) is 0 Å². The van der Waals surface area contributed by atoms with Crippen molar-refractivity contribution in [1.29, 1.82) is 0 Å². The lowest BCUT2D eigenvalue weighted by atomic mass is 10.0. The molecule has 94 valence electrons. The fourth-order valence-electron chi connectivity index (χ4n) is 2.77. The Bertz CT molecular complexity index is 582. The summed E-state index contributed by atoms with van der Waals surface area (Å²) in [7, 11) is 6.70. The van der Waals surface area contributed by atoms with Gasteiger partial charge in [-0.2, -0.15) is 0 Å². The van der Waals surface area contributed by atoms with Gasteiger partial charge in [0, 0.05) is 12.0 Å². The Kier molecular flexibility index (Phi) is 3.52. The summed E-state index contributed by atoms with van der Waals surface area (Å²) in [5, 5.41) is 0. The van der Waals surface area contributed by atoms with Crippen molar-refractivity contribution < 1.29 is 24.0 Å². The molecule has 0 fully saturated rings. The van der Waals surface area contributed by atoms with Crippen molar-refractivity contribution in [3.63, 3.8) is 0 Å². The highest BCUT2D eigenvalue weighted by Crippen LogP contribution is 2.41. The minimum atomic E-state index is 0. The fraction of sp³-hybridized carbons (Fsp3) is 0.250. The van der Waals surface area contributed by atoms with Crippen molar-refractivity contribution in [2.24, 2.45) is 0 Å². The molecule has 2 aromatic carbocycles. The maximum Gasteiger partial charge on any atom is 0.136 e. The van der Waals surface area contributed by atoms with Crippen molar-refractivity contribution in [1.82, 2.24) is 4.48 Å². The van der Waals surface area contributed by atoms with E-state index >= 15 is 0 Å². The summed E-state index contributed by atoms with van der Waals surface area (Å²) in [4.78, 5) is 0. The number of fused-ring (bicyclic) bond motifs is 3. The summed E-state index contributed by atoms with van der Waals surface area (Å²) in [6, 6.07) is 15.4. The van der Waals surface area contributed by atoms with Gasteiger partial charge in [0.15, 0.2) is 0 Å². The molecule has 0 aliphatic heterocycles. The number of quaternary nitrogens is 1. The van der Waals surface area contributed by atoms with E-state index in [1.807, 2.05) is 0 Å². The van der Waals surface area contributed by atoms with E-state index in [0.717, 1.165) is 10.9 Å². The zero-order chi connectivity index (χ0) is 12.0.